The number of halogens is 1. The van der Waals surface area contributed by atoms with Crippen LogP contribution in [0.15, 0.2) is 18.2 Å². The van der Waals surface area contributed by atoms with Crippen LogP contribution in [0.4, 0.5) is 0 Å². The predicted octanol–water partition coefficient (Wildman–Crippen LogP) is 1.10. The third-order valence-electron chi connectivity index (χ3n) is 1.08. The van der Waals surface area contributed by atoms with E-state index in [0.29, 0.717) is 11.7 Å². The first-order valence-corrected chi connectivity index (χ1v) is 3.56. The predicted molar refractivity (Wildman–Crippen MR) is 45.1 cm³/mol. The van der Waals surface area contributed by atoms with Crippen LogP contribution in [-0.4, -0.2) is 16.7 Å². The lowest BCUT2D eigenvalue weighted by molar-refractivity contribution is 1.02. The van der Waals surface area contributed by atoms with Gasteiger partial charge < -0.3 is 5.73 Å². The summed E-state index contributed by atoms with van der Waals surface area (Å²) in [6.07, 6.45) is 3.60. The maximum atomic E-state index is 5.52. The molecular weight excluding hydrogens is 162 g/mol. The number of hydrogen-bond donors (Lipinski definition) is 1. The molecular formula is C7H8ClN3. The quantitative estimate of drug-likeness (QED) is 0.722. The summed E-state index contributed by atoms with van der Waals surface area (Å²) in [6.45, 7) is 0.504. The molecule has 0 radical (unpaired) electrons. The van der Waals surface area contributed by atoms with Gasteiger partial charge in [0, 0.05) is 6.54 Å². The Morgan fingerprint density at radius 3 is 2.82 bits per heavy atom. The minimum absolute atomic E-state index is 0.398. The van der Waals surface area contributed by atoms with Gasteiger partial charge in [0.15, 0.2) is 5.15 Å². The molecule has 0 amide bonds. The third kappa shape index (κ3) is 2.65. The minimum atomic E-state index is 0.398. The van der Waals surface area contributed by atoms with Crippen LogP contribution in [0.1, 0.15) is 5.69 Å². The Bertz CT molecular complexity index is 242. The topological polar surface area (TPSA) is 51.8 Å². The second-order valence-corrected chi connectivity index (χ2v) is 2.31. The molecule has 0 aliphatic rings. The molecule has 58 valence electrons. The van der Waals surface area contributed by atoms with Gasteiger partial charge in [0.2, 0.25) is 0 Å². The maximum absolute atomic E-state index is 5.52. The van der Waals surface area contributed by atoms with Gasteiger partial charge in [0.25, 0.3) is 0 Å². The van der Waals surface area contributed by atoms with Crippen molar-refractivity contribution in [2.45, 2.75) is 0 Å². The highest BCUT2D eigenvalue weighted by molar-refractivity contribution is 6.29. The summed E-state index contributed by atoms with van der Waals surface area (Å²) >= 11 is 5.52. The molecule has 1 rings (SSSR count). The van der Waals surface area contributed by atoms with Crippen LogP contribution < -0.4 is 5.73 Å². The molecule has 0 saturated carbocycles. The maximum Gasteiger partial charge on any atom is 0.151 e. The normalized spacial score (nSPS) is 10.7. The molecule has 0 aromatic carbocycles. The van der Waals surface area contributed by atoms with Crippen LogP contribution in [-0.2, 0) is 0 Å². The van der Waals surface area contributed by atoms with Crippen molar-refractivity contribution in [2.24, 2.45) is 5.73 Å². The van der Waals surface area contributed by atoms with Crippen molar-refractivity contribution < 1.29 is 0 Å². The van der Waals surface area contributed by atoms with E-state index >= 15 is 0 Å². The molecule has 0 aliphatic heterocycles. The zero-order valence-corrected chi connectivity index (χ0v) is 6.62. The van der Waals surface area contributed by atoms with Gasteiger partial charge in [0.1, 0.15) is 0 Å². The monoisotopic (exact) mass is 169 g/mol. The Kier molecular flexibility index (Phi) is 3.01. The number of aromatic nitrogens is 2. The van der Waals surface area contributed by atoms with E-state index in [2.05, 4.69) is 10.2 Å². The third-order valence-corrected chi connectivity index (χ3v) is 1.28. The summed E-state index contributed by atoms with van der Waals surface area (Å²) in [7, 11) is 0. The van der Waals surface area contributed by atoms with Crippen molar-refractivity contribution in [3.05, 3.63) is 29.1 Å². The Morgan fingerprint density at radius 2 is 2.27 bits per heavy atom. The van der Waals surface area contributed by atoms with E-state index in [1.807, 2.05) is 0 Å². The molecule has 1 aromatic rings. The van der Waals surface area contributed by atoms with Crippen LogP contribution in [0.25, 0.3) is 6.08 Å². The van der Waals surface area contributed by atoms with Gasteiger partial charge in [-0.05, 0) is 18.2 Å². The first-order chi connectivity index (χ1) is 5.33. The van der Waals surface area contributed by atoms with Crippen LogP contribution in [0.3, 0.4) is 0 Å². The summed E-state index contributed by atoms with van der Waals surface area (Å²) in [5, 5.41) is 7.84. The standard InChI is InChI=1S/C7H8ClN3/c8-7-4-3-6(10-11-7)2-1-5-9/h1-4H,5,9H2. The molecule has 2 N–H and O–H groups in total. The molecule has 0 unspecified atom stereocenters. The van der Waals surface area contributed by atoms with Crippen LogP contribution in [0, 0.1) is 0 Å². The first-order valence-electron chi connectivity index (χ1n) is 3.19. The highest BCUT2D eigenvalue weighted by Gasteiger charge is 1.88. The average Bonchev–Trinajstić information content (AvgIpc) is 2.04. The van der Waals surface area contributed by atoms with E-state index in [-0.39, 0.29) is 0 Å². The van der Waals surface area contributed by atoms with E-state index in [4.69, 9.17) is 17.3 Å². The van der Waals surface area contributed by atoms with E-state index < -0.39 is 0 Å². The molecule has 0 aliphatic carbocycles. The van der Waals surface area contributed by atoms with Gasteiger partial charge >= 0.3 is 0 Å². The van der Waals surface area contributed by atoms with Crippen molar-refractivity contribution >= 4 is 17.7 Å². The number of hydrogen-bond acceptors (Lipinski definition) is 3. The number of nitrogens with two attached hydrogens (primary N) is 1. The van der Waals surface area contributed by atoms with Crippen molar-refractivity contribution in [1.29, 1.82) is 0 Å². The second kappa shape index (κ2) is 4.05. The van der Waals surface area contributed by atoms with E-state index in [1.54, 1.807) is 24.3 Å². The van der Waals surface area contributed by atoms with Gasteiger partial charge in [0.05, 0.1) is 5.69 Å². The second-order valence-electron chi connectivity index (χ2n) is 1.92. The number of nitrogens with zero attached hydrogens (tertiary/aromatic N) is 2. The molecule has 0 spiro atoms. The van der Waals surface area contributed by atoms with Crippen molar-refractivity contribution in [1.82, 2.24) is 10.2 Å². The molecule has 1 aromatic heterocycles. The Labute approximate surface area is 69.9 Å². The van der Waals surface area contributed by atoms with Crippen LogP contribution in [0.2, 0.25) is 5.15 Å². The highest BCUT2D eigenvalue weighted by atomic mass is 35.5. The zero-order chi connectivity index (χ0) is 8.10. The lowest BCUT2D eigenvalue weighted by Gasteiger charge is -1.89. The van der Waals surface area contributed by atoms with E-state index in [0.717, 1.165) is 5.69 Å². The highest BCUT2D eigenvalue weighted by Crippen LogP contribution is 2.02. The molecule has 0 bridgehead atoms. The molecule has 4 heteroatoms. The van der Waals surface area contributed by atoms with Crippen LogP contribution in [0.5, 0.6) is 0 Å². The summed E-state index contributed by atoms with van der Waals surface area (Å²) in [5.41, 5.74) is 6.01. The lowest BCUT2D eigenvalue weighted by Crippen LogP contribution is -1.92. The van der Waals surface area contributed by atoms with Gasteiger partial charge in [-0.3, -0.25) is 0 Å². The molecule has 11 heavy (non-hydrogen) atoms. The Balaban J connectivity index is 2.73. The van der Waals surface area contributed by atoms with Gasteiger partial charge in [-0.15, -0.1) is 10.2 Å². The summed E-state index contributed by atoms with van der Waals surface area (Å²) in [5.74, 6) is 0. The Morgan fingerprint density at radius 1 is 1.45 bits per heavy atom. The molecule has 0 saturated heterocycles. The van der Waals surface area contributed by atoms with Gasteiger partial charge in [-0.2, -0.15) is 0 Å². The van der Waals surface area contributed by atoms with Gasteiger partial charge in [-0.1, -0.05) is 17.7 Å². The molecule has 1 heterocycles. The summed E-state index contributed by atoms with van der Waals surface area (Å²) < 4.78 is 0. The lowest BCUT2D eigenvalue weighted by atomic mass is 10.3. The van der Waals surface area contributed by atoms with E-state index in [1.165, 1.54) is 0 Å². The van der Waals surface area contributed by atoms with Gasteiger partial charge in [-0.25, -0.2) is 0 Å². The largest absolute Gasteiger partial charge is 0.327 e. The Hall–Kier alpha value is -0.930. The summed E-state index contributed by atoms with van der Waals surface area (Å²) in [6, 6.07) is 3.46. The summed E-state index contributed by atoms with van der Waals surface area (Å²) in [4.78, 5) is 0. The minimum Gasteiger partial charge on any atom is -0.327 e. The first kappa shape index (κ1) is 8.17. The molecule has 0 atom stereocenters. The zero-order valence-electron chi connectivity index (χ0n) is 5.87. The fraction of sp³-hybridized carbons (Fsp3) is 0.143. The average molecular weight is 170 g/mol. The fourth-order valence-corrected chi connectivity index (χ4v) is 0.705. The van der Waals surface area contributed by atoms with Crippen molar-refractivity contribution in [2.75, 3.05) is 6.54 Å². The fourth-order valence-electron chi connectivity index (χ4n) is 0.604. The smallest absolute Gasteiger partial charge is 0.151 e. The SMILES string of the molecule is NCC=Cc1ccc(Cl)nn1. The van der Waals surface area contributed by atoms with Crippen molar-refractivity contribution in [3.8, 4) is 0 Å². The van der Waals surface area contributed by atoms with Crippen molar-refractivity contribution in [3.63, 3.8) is 0 Å². The molecule has 0 fully saturated rings. The number of rotatable bonds is 2. The van der Waals surface area contributed by atoms with Crippen LogP contribution >= 0.6 is 11.6 Å². The molecule has 3 nitrogen and oxygen atoms in total. The van der Waals surface area contributed by atoms with E-state index in [9.17, 15) is 0 Å².